The molecule has 1 amide bonds. The normalized spacial score (nSPS) is 15.6. The van der Waals surface area contributed by atoms with E-state index in [4.69, 9.17) is 4.74 Å². The first-order valence-corrected chi connectivity index (χ1v) is 6.38. The molecule has 1 aromatic heterocycles. The van der Waals surface area contributed by atoms with E-state index in [2.05, 4.69) is 5.10 Å². The summed E-state index contributed by atoms with van der Waals surface area (Å²) < 4.78 is 7.15. The predicted molar refractivity (Wildman–Crippen MR) is 68.9 cm³/mol. The minimum Gasteiger partial charge on any atom is -0.444 e. The Morgan fingerprint density at radius 3 is 2.79 bits per heavy atom. The van der Waals surface area contributed by atoms with Crippen molar-refractivity contribution in [2.75, 3.05) is 6.54 Å². The lowest BCUT2D eigenvalue weighted by Gasteiger charge is -2.26. The van der Waals surface area contributed by atoms with Crippen molar-refractivity contribution < 1.29 is 14.3 Å². The second kappa shape index (κ2) is 5.03. The average Bonchev–Trinajstić information content (AvgIpc) is 2.55. The van der Waals surface area contributed by atoms with Crippen molar-refractivity contribution in [3.8, 4) is 0 Å². The van der Waals surface area contributed by atoms with Gasteiger partial charge in [-0.3, -0.25) is 9.48 Å². The molecule has 0 spiro atoms. The molecule has 2 heterocycles. The first kappa shape index (κ1) is 13.6. The van der Waals surface area contributed by atoms with Gasteiger partial charge < -0.3 is 9.64 Å². The fourth-order valence-corrected chi connectivity index (χ4v) is 2.04. The largest absolute Gasteiger partial charge is 0.444 e. The molecule has 1 aliphatic heterocycles. The highest BCUT2D eigenvalue weighted by Crippen LogP contribution is 2.18. The van der Waals surface area contributed by atoms with E-state index in [0.717, 1.165) is 18.4 Å². The summed E-state index contributed by atoms with van der Waals surface area (Å²) in [6.45, 7) is 7.19. The summed E-state index contributed by atoms with van der Waals surface area (Å²) in [6, 6.07) is 0. The number of amides is 1. The van der Waals surface area contributed by atoms with Gasteiger partial charge in [0, 0.05) is 13.1 Å². The minimum atomic E-state index is -0.517. The molecule has 0 aromatic carbocycles. The van der Waals surface area contributed by atoms with Crippen molar-refractivity contribution >= 4 is 12.4 Å². The van der Waals surface area contributed by atoms with E-state index < -0.39 is 5.60 Å². The summed E-state index contributed by atoms with van der Waals surface area (Å²) in [6.07, 6.45) is 2.77. The molecule has 2 rings (SSSR count). The number of carbonyl (C=O) groups is 2. The van der Waals surface area contributed by atoms with E-state index in [1.54, 1.807) is 15.8 Å². The molecule has 0 aliphatic carbocycles. The number of nitrogens with zero attached hydrogens (tertiary/aromatic N) is 3. The van der Waals surface area contributed by atoms with Gasteiger partial charge in [0.1, 0.15) is 5.60 Å². The van der Waals surface area contributed by atoms with Crippen LogP contribution in [0.4, 0.5) is 4.79 Å². The Kier molecular flexibility index (Phi) is 3.59. The van der Waals surface area contributed by atoms with Crippen molar-refractivity contribution in [2.24, 2.45) is 0 Å². The maximum atomic E-state index is 12.1. The van der Waals surface area contributed by atoms with E-state index >= 15 is 0 Å². The first-order valence-electron chi connectivity index (χ1n) is 6.38. The summed E-state index contributed by atoms with van der Waals surface area (Å²) in [5.41, 5.74) is 0.797. The second-order valence-corrected chi connectivity index (χ2v) is 5.64. The number of ether oxygens (including phenoxy) is 1. The van der Waals surface area contributed by atoms with Crippen LogP contribution in [0.1, 0.15) is 43.2 Å². The molecule has 0 fully saturated rings. The quantitative estimate of drug-likeness (QED) is 0.727. The number of carbonyl (C=O) groups excluding carboxylic acids is 2. The zero-order valence-corrected chi connectivity index (χ0v) is 11.5. The summed E-state index contributed by atoms with van der Waals surface area (Å²) >= 11 is 0. The molecule has 104 valence electrons. The molecule has 0 N–H and O–H groups in total. The van der Waals surface area contributed by atoms with Gasteiger partial charge in [0.15, 0.2) is 6.29 Å². The number of aryl methyl sites for hydroxylation is 1. The predicted octanol–water partition coefficient (Wildman–Crippen LogP) is 1.84. The molecule has 0 unspecified atom stereocenters. The van der Waals surface area contributed by atoms with Crippen LogP contribution in [0.3, 0.4) is 0 Å². The van der Waals surface area contributed by atoms with Crippen LogP contribution in [0.25, 0.3) is 0 Å². The Morgan fingerprint density at radius 2 is 2.16 bits per heavy atom. The average molecular weight is 265 g/mol. The van der Waals surface area contributed by atoms with Crippen molar-refractivity contribution in [1.29, 1.82) is 0 Å². The Bertz CT molecular complexity index is 488. The van der Waals surface area contributed by atoms with Gasteiger partial charge in [-0.1, -0.05) is 0 Å². The zero-order chi connectivity index (χ0) is 14.0. The molecule has 6 nitrogen and oxygen atoms in total. The van der Waals surface area contributed by atoms with Crippen molar-refractivity contribution in [3.63, 3.8) is 0 Å². The lowest BCUT2D eigenvalue weighted by atomic mass is 10.2. The van der Waals surface area contributed by atoms with Crippen LogP contribution in [-0.4, -0.2) is 39.2 Å². The van der Waals surface area contributed by atoms with Crippen molar-refractivity contribution in [1.82, 2.24) is 14.7 Å². The number of aldehydes is 1. The molecule has 1 aliphatic rings. The van der Waals surface area contributed by atoms with E-state index in [-0.39, 0.29) is 6.09 Å². The lowest BCUT2D eigenvalue weighted by molar-refractivity contribution is 0.0236. The highest BCUT2D eigenvalue weighted by atomic mass is 16.6. The highest BCUT2D eigenvalue weighted by Gasteiger charge is 2.26. The maximum absolute atomic E-state index is 12.1. The summed E-state index contributed by atoms with van der Waals surface area (Å²) in [5, 5.41) is 4.16. The van der Waals surface area contributed by atoms with Gasteiger partial charge in [0.25, 0.3) is 0 Å². The molecular formula is C13H19N3O3. The molecule has 0 atom stereocenters. The highest BCUT2D eigenvalue weighted by molar-refractivity contribution is 5.76. The van der Waals surface area contributed by atoms with E-state index in [1.807, 2.05) is 20.8 Å². The molecular weight excluding hydrogens is 246 g/mol. The fourth-order valence-electron chi connectivity index (χ4n) is 2.04. The summed E-state index contributed by atoms with van der Waals surface area (Å²) in [7, 11) is 0. The molecule has 0 saturated heterocycles. The number of rotatable bonds is 1. The minimum absolute atomic E-state index is 0.348. The van der Waals surface area contributed by atoms with Gasteiger partial charge >= 0.3 is 6.09 Å². The number of hydrogen-bond acceptors (Lipinski definition) is 4. The lowest BCUT2D eigenvalue weighted by Crippen LogP contribution is -2.36. The van der Waals surface area contributed by atoms with Gasteiger partial charge in [-0.15, -0.1) is 0 Å². The smallest absolute Gasteiger partial charge is 0.410 e. The van der Waals surface area contributed by atoms with Crippen LogP contribution >= 0.6 is 0 Å². The number of aromatic nitrogens is 2. The van der Waals surface area contributed by atoms with Crippen LogP contribution < -0.4 is 0 Å². The standard InChI is InChI=1S/C13H19N3O3/c1-13(2,3)19-12(18)15-5-4-6-16-11(8-15)10(9-17)7-14-16/h7,9H,4-6,8H2,1-3H3. The van der Waals surface area contributed by atoms with Crippen molar-refractivity contribution in [3.05, 3.63) is 17.5 Å². The second-order valence-electron chi connectivity index (χ2n) is 5.64. The van der Waals surface area contributed by atoms with Crippen LogP contribution in [0, 0.1) is 0 Å². The van der Waals surface area contributed by atoms with Gasteiger partial charge in [-0.05, 0) is 27.2 Å². The Morgan fingerprint density at radius 1 is 1.42 bits per heavy atom. The molecule has 0 bridgehead atoms. The van der Waals surface area contributed by atoms with Crippen molar-refractivity contribution in [2.45, 2.75) is 45.9 Å². The SMILES string of the molecule is CC(C)(C)OC(=O)N1CCCn2ncc(C=O)c2C1. The van der Waals surface area contributed by atoms with Gasteiger partial charge in [-0.25, -0.2) is 4.79 Å². The molecule has 1 aromatic rings. The van der Waals surface area contributed by atoms with E-state index in [1.165, 1.54) is 0 Å². The topological polar surface area (TPSA) is 64.4 Å². The third-order valence-electron chi connectivity index (χ3n) is 2.90. The Labute approximate surface area is 112 Å². The van der Waals surface area contributed by atoms with Gasteiger partial charge in [0.05, 0.1) is 24.0 Å². The molecule has 19 heavy (non-hydrogen) atoms. The molecule has 0 radical (unpaired) electrons. The summed E-state index contributed by atoms with van der Waals surface area (Å²) in [5.74, 6) is 0. The molecule has 0 saturated carbocycles. The Balaban J connectivity index is 2.17. The Hall–Kier alpha value is -1.85. The number of hydrogen-bond donors (Lipinski definition) is 0. The van der Waals surface area contributed by atoms with Crippen LogP contribution in [-0.2, 0) is 17.8 Å². The van der Waals surface area contributed by atoms with E-state index in [9.17, 15) is 9.59 Å². The van der Waals surface area contributed by atoms with Crippen LogP contribution in [0.2, 0.25) is 0 Å². The monoisotopic (exact) mass is 265 g/mol. The van der Waals surface area contributed by atoms with Crippen LogP contribution in [0.5, 0.6) is 0 Å². The van der Waals surface area contributed by atoms with Gasteiger partial charge in [0.2, 0.25) is 0 Å². The third-order valence-corrected chi connectivity index (χ3v) is 2.90. The van der Waals surface area contributed by atoms with Crippen LogP contribution in [0.15, 0.2) is 6.20 Å². The maximum Gasteiger partial charge on any atom is 0.410 e. The van der Waals surface area contributed by atoms with E-state index in [0.29, 0.717) is 25.2 Å². The van der Waals surface area contributed by atoms with Gasteiger partial charge in [-0.2, -0.15) is 5.10 Å². The zero-order valence-electron chi connectivity index (χ0n) is 11.5. The molecule has 6 heteroatoms. The number of fused-ring (bicyclic) bond motifs is 1. The first-order chi connectivity index (χ1) is 8.90. The summed E-state index contributed by atoms with van der Waals surface area (Å²) in [4.78, 5) is 24.7. The third kappa shape index (κ3) is 3.13. The fraction of sp³-hybridized carbons (Fsp3) is 0.615.